The number of imidazole rings is 2. The molecule has 0 amide bonds. The van der Waals surface area contributed by atoms with Crippen LogP contribution in [0.2, 0.25) is 0 Å². The summed E-state index contributed by atoms with van der Waals surface area (Å²) in [5, 5.41) is 9.75. The highest BCUT2D eigenvalue weighted by Gasteiger charge is 2.24. The van der Waals surface area contributed by atoms with Crippen LogP contribution in [0.5, 0.6) is 0 Å². The highest BCUT2D eigenvalue weighted by Crippen LogP contribution is 2.41. The van der Waals surface area contributed by atoms with E-state index in [2.05, 4.69) is 185 Å². The van der Waals surface area contributed by atoms with E-state index in [1.165, 1.54) is 32.3 Å². The summed E-state index contributed by atoms with van der Waals surface area (Å²) in [6, 6.07) is 67.3. The second-order valence-corrected chi connectivity index (χ2v) is 14.3. The maximum absolute atomic E-state index is 6.20. The Morgan fingerprint density at radius 2 is 0.927 bits per heavy atom. The summed E-state index contributed by atoms with van der Waals surface area (Å²) in [5.41, 5.74) is 11.5. The van der Waals surface area contributed by atoms with Crippen molar-refractivity contribution in [3.05, 3.63) is 188 Å². The van der Waals surface area contributed by atoms with Crippen molar-refractivity contribution in [3.8, 4) is 39.3 Å². The van der Waals surface area contributed by atoms with Gasteiger partial charge in [0.25, 0.3) is 0 Å². The minimum absolute atomic E-state index is 0.866. The van der Waals surface area contributed by atoms with Crippen molar-refractivity contribution < 1.29 is 4.42 Å². The molecule has 256 valence electrons. The number of hydrogen-bond donors (Lipinski definition) is 0. The molecule has 12 rings (SSSR count). The lowest BCUT2D eigenvalue weighted by Crippen LogP contribution is -1.96. The molecule has 0 N–H and O–H groups in total. The van der Waals surface area contributed by atoms with Crippen molar-refractivity contribution in [1.82, 2.24) is 14.0 Å². The van der Waals surface area contributed by atoms with Gasteiger partial charge in [0.15, 0.2) is 0 Å². The van der Waals surface area contributed by atoms with E-state index in [0.717, 1.165) is 78.1 Å². The van der Waals surface area contributed by atoms with Crippen LogP contribution < -0.4 is 0 Å². The fourth-order valence-electron chi connectivity index (χ4n) is 8.82. The third kappa shape index (κ3) is 4.43. The van der Waals surface area contributed by atoms with Crippen LogP contribution in [0.3, 0.4) is 0 Å². The molecular weight excluding hydrogens is 671 g/mol. The molecule has 0 atom stereocenters. The first-order valence-corrected chi connectivity index (χ1v) is 18.7. The average Bonchev–Trinajstić information content (AvgIpc) is 3.93. The summed E-state index contributed by atoms with van der Waals surface area (Å²) in [7, 11) is 0. The summed E-state index contributed by atoms with van der Waals surface area (Å²) in [6.07, 6.45) is 0. The molecule has 0 aliphatic carbocycles. The van der Waals surface area contributed by atoms with Crippen LogP contribution in [0.15, 0.2) is 192 Å². The topological polar surface area (TPSA) is 35.4 Å². The molecule has 12 aromatic rings. The van der Waals surface area contributed by atoms with E-state index in [1.54, 1.807) is 0 Å². The van der Waals surface area contributed by atoms with Crippen molar-refractivity contribution in [2.45, 2.75) is 0 Å². The number of furan rings is 1. The predicted molar refractivity (Wildman–Crippen MR) is 228 cm³/mol. The van der Waals surface area contributed by atoms with E-state index in [9.17, 15) is 0 Å². The molecule has 0 fully saturated rings. The largest absolute Gasteiger partial charge is 0.456 e. The van der Waals surface area contributed by atoms with Crippen molar-refractivity contribution in [2.24, 2.45) is 0 Å². The van der Waals surface area contributed by atoms with Crippen LogP contribution in [0.1, 0.15) is 0 Å². The van der Waals surface area contributed by atoms with Gasteiger partial charge in [0.2, 0.25) is 5.78 Å². The molecule has 0 spiro atoms. The smallest absolute Gasteiger partial charge is 0.220 e. The second-order valence-electron chi connectivity index (χ2n) is 14.3. The molecule has 0 radical (unpaired) electrons. The van der Waals surface area contributed by atoms with Gasteiger partial charge < -0.3 is 4.42 Å². The Morgan fingerprint density at radius 3 is 1.65 bits per heavy atom. The molecule has 0 aliphatic heterocycles. The maximum atomic E-state index is 6.20. The molecule has 9 aromatic carbocycles. The van der Waals surface area contributed by atoms with Gasteiger partial charge in [-0.1, -0.05) is 146 Å². The third-order valence-corrected chi connectivity index (χ3v) is 11.3. The summed E-state index contributed by atoms with van der Waals surface area (Å²) >= 11 is 0. The average molecular weight is 702 g/mol. The van der Waals surface area contributed by atoms with Gasteiger partial charge in [0, 0.05) is 27.6 Å². The van der Waals surface area contributed by atoms with Gasteiger partial charge in [0.1, 0.15) is 11.2 Å². The van der Waals surface area contributed by atoms with Crippen LogP contribution in [-0.4, -0.2) is 14.0 Å². The zero-order valence-corrected chi connectivity index (χ0v) is 29.6. The van der Waals surface area contributed by atoms with E-state index in [4.69, 9.17) is 9.40 Å². The monoisotopic (exact) mass is 701 g/mol. The SMILES string of the molecule is c1ccc(-c2nc3n(-c4ccc5c6ccccc6c6ccccc6c5c4)c4ccc(-c5ccc6oc7ccccc7c6c5)cc4n3c2-c2ccccc2)cc1. The molecule has 0 saturated heterocycles. The van der Waals surface area contributed by atoms with E-state index in [0.29, 0.717) is 0 Å². The van der Waals surface area contributed by atoms with E-state index in [-0.39, 0.29) is 0 Å². The van der Waals surface area contributed by atoms with Crippen molar-refractivity contribution in [1.29, 1.82) is 0 Å². The summed E-state index contributed by atoms with van der Waals surface area (Å²) in [5.74, 6) is 0.866. The minimum Gasteiger partial charge on any atom is -0.456 e. The van der Waals surface area contributed by atoms with E-state index < -0.39 is 0 Å². The first-order chi connectivity index (χ1) is 27.3. The molecular formula is C51H31N3O. The molecule has 55 heavy (non-hydrogen) atoms. The Labute approximate surface area is 315 Å². The molecule has 4 heteroatoms. The first kappa shape index (κ1) is 30.1. The van der Waals surface area contributed by atoms with Gasteiger partial charge in [-0.2, -0.15) is 0 Å². The van der Waals surface area contributed by atoms with Crippen molar-refractivity contribution >= 4 is 71.1 Å². The molecule has 4 nitrogen and oxygen atoms in total. The van der Waals surface area contributed by atoms with Gasteiger partial charge in [-0.05, 0) is 85.9 Å². The molecule has 3 aromatic heterocycles. The molecule has 0 unspecified atom stereocenters. The van der Waals surface area contributed by atoms with Crippen LogP contribution in [-0.2, 0) is 0 Å². The van der Waals surface area contributed by atoms with E-state index in [1.807, 2.05) is 12.1 Å². The van der Waals surface area contributed by atoms with Crippen molar-refractivity contribution in [3.63, 3.8) is 0 Å². The predicted octanol–water partition coefficient (Wildman–Crippen LogP) is 13.6. The maximum Gasteiger partial charge on any atom is 0.220 e. The normalized spacial score (nSPS) is 12.0. The highest BCUT2D eigenvalue weighted by atomic mass is 16.3. The molecule has 0 bridgehead atoms. The molecule has 0 aliphatic rings. The first-order valence-electron chi connectivity index (χ1n) is 18.7. The van der Waals surface area contributed by atoms with Gasteiger partial charge in [-0.3, -0.25) is 8.97 Å². The summed E-state index contributed by atoms with van der Waals surface area (Å²) < 4.78 is 10.9. The Kier molecular flexibility index (Phi) is 6.31. The van der Waals surface area contributed by atoms with Gasteiger partial charge in [-0.25, -0.2) is 4.98 Å². The van der Waals surface area contributed by atoms with Gasteiger partial charge in [0.05, 0.1) is 22.4 Å². The number of fused-ring (bicyclic) bond motifs is 12. The Morgan fingerprint density at radius 1 is 0.364 bits per heavy atom. The number of nitrogens with zero attached hydrogens (tertiary/aromatic N) is 3. The molecule has 0 saturated carbocycles. The van der Waals surface area contributed by atoms with Crippen molar-refractivity contribution in [2.75, 3.05) is 0 Å². The lowest BCUT2D eigenvalue weighted by Gasteiger charge is -2.13. The summed E-state index contributed by atoms with van der Waals surface area (Å²) in [4.78, 5) is 5.55. The number of benzene rings is 9. The number of aromatic nitrogens is 3. The zero-order chi connectivity index (χ0) is 36.0. The van der Waals surface area contributed by atoms with Crippen LogP contribution in [0.25, 0.3) is 110 Å². The highest BCUT2D eigenvalue weighted by molar-refractivity contribution is 6.25. The van der Waals surface area contributed by atoms with Crippen LogP contribution >= 0.6 is 0 Å². The number of hydrogen-bond acceptors (Lipinski definition) is 2. The Balaban J connectivity index is 1.18. The fourth-order valence-corrected chi connectivity index (χ4v) is 8.82. The zero-order valence-electron chi connectivity index (χ0n) is 29.6. The standard InChI is InChI=1S/C51H31N3O/c1-3-13-32(14-4-1)49-50(33-15-5-2-6-16-33)54-46-30-35(34-24-28-48-44(29-34)42-21-11-12-22-47(42)55-48)23-27-45(46)53(51(54)52-49)36-25-26-41-39-19-8-7-17-37(39)38-18-9-10-20-40(38)43(41)31-36/h1-31H. The Hall–Kier alpha value is -7.43. The molecule has 3 heterocycles. The second kappa shape index (κ2) is 11.5. The summed E-state index contributed by atoms with van der Waals surface area (Å²) in [6.45, 7) is 0. The van der Waals surface area contributed by atoms with Crippen LogP contribution in [0, 0.1) is 0 Å². The van der Waals surface area contributed by atoms with E-state index >= 15 is 0 Å². The fraction of sp³-hybridized carbons (Fsp3) is 0. The van der Waals surface area contributed by atoms with Gasteiger partial charge >= 0.3 is 0 Å². The lowest BCUT2D eigenvalue weighted by atomic mass is 9.94. The minimum atomic E-state index is 0.866. The lowest BCUT2D eigenvalue weighted by molar-refractivity contribution is 0.669. The number of para-hydroxylation sites is 1. The number of rotatable bonds is 4. The Bertz CT molecular complexity index is 3440. The third-order valence-electron chi connectivity index (χ3n) is 11.3. The van der Waals surface area contributed by atoms with Crippen LogP contribution in [0.4, 0.5) is 0 Å². The van der Waals surface area contributed by atoms with Gasteiger partial charge in [-0.15, -0.1) is 0 Å². The quantitative estimate of drug-likeness (QED) is 0.171.